The highest BCUT2D eigenvalue weighted by Gasteiger charge is 2.10. The molecular formula is C17H16N6O. The summed E-state index contributed by atoms with van der Waals surface area (Å²) in [6.07, 6.45) is 5.60. The molecule has 0 aliphatic heterocycles. The van der Waals surface area contributed by atoms with Crippen LogP contribution in [0.5, 0.6) is 0 Å². The summed E-state index contributed by atoms with van der Waals surface area (Å²) in [6.45, 7) is 0.353. The third kappa shape index (κ3) is 2.61. The van der Waals surface area contributed by atoms with Gasteiger partial charge in [0.2, 0.25) is 5.91 Å². The van der Waals surface area contributed by atoms with Crippen molar-refractivity contribution in [2.24, 2.45) is 5.73 Å². The van der Waals surface area contributed by atoms with Crippen LogP contribution in [0.1, 0.15) is 11.4 Å². The summed E-state index contributed by atoms with van der Waals surface area (Å²) >= 11 is 0. The maximum Gasteiger partial charge on any atom is 0.228 e. The highest BCUT2D eigenvalue weighted by atomic mass is 16.1. The lowest BCUT2D eigenvalue weighted by Gasteiger charge is -2.04. The number of amides is 1. The third-order valence-corrected chi connectivity index (χ3v) is 3.93. The zero-order valence-corrected chi connectivity index (χ0v) is 12.8. The Kier molecular flexibility index (Phi) is 3.47. The number of fused-ring (bicyclic) bond motifs is 2. The van der Waals surface area contributed by atoms with E-state index in [1.165, 1.54) is 0 Å². The van der Waals surface area contributed by atoms with E-state index in [0.29, 0.717) is 13.0 Å². The first-order valence-electron chi connectivity index (χ1n) is 7.61. The monoisotopic (exact) mass is 320 g/mol. The molecule has 0 saturated carbocycles. The fourth-order valence-corrected chi connectivity index (χ4v) is 2.79. The second-order valence-corrected chi connectivity index (χ2v) is 5.58. The first-order chi connectivity index (χ1) is 11.7. The van der Waals surface area contributed by atoms with Gasteiger partial charge in [-0.25, -0.2) is 4.98 Å². The van der Waals surface area contributed by atoms with Crippen molar-refractivity contribution in [3.8, 4) is 0 Å². The molecule has 7 nitrogen and oxygen atoms in total. The van der Waals surface area contributed by atoms with Crippen molar-refractivity contribution in [3.63, 3.8) is 0 Å². The number of aromatic amines is 2. The van der Waals surface area contributed by atoms with Crippen LogP contribution in [0.25, 0.3) is 21.9 Å². The lowest BCUT2D eigenvalue weighted by molar-refractivity contribution is -0.115. The molecule has 4 rings (SSSR count). The minimum Gasteiger partial charge on any atom is -0.360 e. The average molecular weight is 320 g/mol. The van der Waals surface area contributed by atoms with Crippen molar-refractivity contribution in [2.45, 2.75) is 13.0 Å². The molecule has 24 heavy (non-hydrogen) atoms. The number of hydrogen-bond donors (Lipinski definition) is 4. The van der Waals surface area contributed by atoms with Gasteiger partial charge in [-0.2, -0.15) is 0 Å². The Hall–Kier alpha value is -3.19. The van der Waals surface area contributed by atoms with Crippen LogP contribution in [0.3, 0.4) is 0 Å². The molecule has 5 N–H and O–H groups in total. The van der Waals surface area contributed by atoms with E-state index < -0.39 is 0 Å². The maximum atomic E-state index is 12.3. The molecule has 0 saturated heterocycles. The smallest absolute Gasteiger partial charge is 0.228 e. The van der Waals surface area contributed by atoms with Gasteiger partial charge >= 0.3 is 0 Å². The number of aromatic nitrogens is 4. The number of hydrogen-bond acceptors (Lipinski definition) is 4. The van der Waals surface area contributed by atoms with E-state index in [-0.39, 0.29) is 5.91 Å². The van der Waals surface area contributed by atoms with Crippen molar-refractivity contribution in [1.82, 2.24) is 19.9 Å². The molecule has 3 aromatic heterocycles. The van der Waals surface area contributed by atoms with Crippen LogP contribution in [0.4, 0.5) is 5.69 Å². The number of nitrogens with zero attached hydrogens (tertiary/aromatic N) is 2. The van der Waals surface area contributed by atoms with Gasteiger partial charge in [-0.05, 0) is 29.8 Å². The zero-order valence-electron chi connectivity index (χ0n) is 12.8. The van der Waals surface area contributed by atoms with Gasteiger partial charge in [0.1, 0.15) is 5.82 Å². The molecule has 0 aliphatic rings. The summed E-state index contributed by atoms with van der Waals surface area (Å²) in [7, 11) is 0. The van der Waals surface area contributed by atoms with Crippen LogP contribution < -0.4 is 11.1 Å². The Morgan fingerprint density at radius 1 is 1.25 bits per heavy atom. The van der Waals surface area contributed by atoms with Crippen LogP contribution in [-0.2, 0) is 17.8 Å². The number of anilines is 1. The fraction of sp³-hybridized carbons (Fsp3) is 0.118. The molecule has 0 radical (unpaired) electrons. The lowest BCUT2D eigenvalue weighted by Crippen LogP contribution is -2.14. The van der Waals surface area contributed by atoms with Crippen molar-refractivity contribution in [1.29, 1.82) is 0 Å². The Morgan fingerprint density at radius 3 is 3.04 bits per heavy atom. The largest absolute Gasteiger partial charge is 0.360 e. The molecule has 1 amide bonds. The molecule has 0 aliphatic carbocycles. The Labute approximate surface area is 137 Å². The molecular weight excluding hydrogens is 304 g/mol. The molecule has 4 aromatic rings. The Morgan fingerprint density at radius 2 is 2.17 bits per heavy atom. The molecule has 0 fully saturated rings. The molecule has 0 unspecified atom stereocenters. The molecule has 3 heterocycles. The number of carbonyl (C=O) groups excluding carboxylic acids is 1. The van der Waals surface area contributed by atoms with Crippen LogP contribution >= 0.6 is 0 Å². The second-order valence-electron chi connectivity index (χ2n) is 5.58. The number of H-pyrrole nitrogens is 2. The number of carbonyl (C=O) groups is 1. The van der Waals surface area contributed by atoms with Crippen LogP contribution in [0, 0.1) is 0 Å². The van der Waals surface area contributed by atoms with Gasteiger partial charge in [0.15, 0.2) is 0 Å². The minimum absolute atomic E-state index is 0.0781. The van der Waals surface area contributed by atoms with Crippen LogP contribution in [-0.4, -0.2) is 25.8 Å². The van der Waals surface area contributed by atoms with Crippen LogP contribution in [0.15, 0.2) is 42.9 Å². The molecule has 120 valence electrons. The highest BCUT2D eigenvalue weighted by Crippen LogP contribution is 2.20. The summed E-state index contributed by atoms with van der Waals surface area (Å²) in [5.41, 5.74) is 9.86. The first kappa shape index (κ1) is 14.4. The van der Waals surface area contributed by atoms with Crippen molar-refractivity contribution < 1.29 is 4.79 Å². The lowest BCUT2D eigenvalue weighted by atomic mass is 10.1. The van der Waals surface area contributed by atoms with Crippen molar-refractivity contribution in [3.05, 3.63) is 54.2 Å². The van der Waals surface area contributed by atoms with Gasteiger partial charge in [-0.3, -0.25) is 9.78 Å². The van der Waals surface area contributed by atoms with Gasteiger partial charge in [-0.15, -0.1) is 0 Å². The maximum absolute atomic E-state index is 12.3. The second kappa shape index (κ2) is 5.78. The summed E-state index contributed by atoms with van der Waals surface area (Å²) in [6, 6.07) is 7.45. The Bertz CT molecular complexity index is 1030. The van der Waals surface area contributed by atoms with Crippen molar-refractivity contribution in [2.75, 3.05) is 5.32 Å². The minimum atomic E-state index is -0.0781. The van der Waals surface area contributed by atoms with Gasteiger partial charge in [0.05, 0.1) is 35.7 Å². The summed E-state index contributed by atoms with van der Waals surface area (Å²) in [4.78, 5) is 27.0. The zero-order chi connectivity index (χ0) is 16.5. The predicted octanol–water partition coefficient (Wildman–Crippen LogP) is 2.08. The van der Waals surface area contributed by atoms with Crippen LogP contribution in [0.2, 0.25) is 0 Å². The summed E-state index contributed by atoms with van der Waals surface area (Å²) in [5, 5.41) is 3.93. The number of imidazole rings is 1. The topological polar surface area (TPSA) is 112 Å². The third-order valence-electron chi connectivity index (χ3n) is 3.93. The predicted molar refractivity (Wildman–Crippen MR) is 92.4 cm³/mol. The number of pyridine rings is 1. The normalized spacial score (nSPS) is 11.2. The van der Waals surface area contributed by atoms with E-state index in [2.05, 4.69) is 25.3 Å². The number of rotatable bonds is 4. The van der Waals surface area contributed by atoms with Gasteiger partial charge in [0.25, 0.3) is 0 Å². The number of nitrogens with one attached hydrogen (secondary N) is 3. The summed E-state index contributed by atoms with van der Waals surface area (Å²) in [5.74, 6) is 0.645. The standard InChI is InChI=1S/C17H16N6O/c18-7-16-22-13-2-1-11(6-14(13)23-16)21-17(24)5-10-8-20-15-9-19-4-3-12(10)15/h1-4,6,8-9,20H,5,7,18H2,(H,21,24)(H,22,23). The van der Waals surface area contributed by atoms with Gasteiger partial charge in [0, 0.05) is 23.5 Å². The van der Waals surface area contributed by atoms with E-state index in [1.54, 1.807) is 12.4 Å². The van der Waals surface area contributed by atoms with Gasteiger partial charge < -0.3 is 21.0 Å². The SMILES string of the molecule is NCc1nc2ccc(NC(=O)Cc3c[nH]c4cnccc34)cc2[nH]1. The summed E-state index contributed by atoms with van der Waals surface area (Å²) < 4.78 is 0. The molecule has 1 aromatic carbocycles. The molecule has 0 bridgehead atoms. The van der Waals surface area contributed by atoms with E-state index in [9.17, 15) is 4.79 Å². The Balaban J connectivity index is 1.53. The van der Waals surface area contributed by atoms with E-state index >= 15 is 0 Å². The highest BCUT2D eigenvalue weighted by molar-refractivity contribution is 5.96. The fourth-order valence-electron chi connectivity index (χ4n) is 2.79. The molecule has 0 spiro atoms. The number of benzene rings is 1. The molecule has 0 atom stereocenters. The average Bonchev–Trinajstić information content (AvgIpc) is 3.18. The van der Waals surface area contributed by atoms with Crippen molar-refractivity contribution >= 4 is 33.5 Å². The van der Waals surface area contributed by atoms with E-state index in [0.717, 1.165) is 39.0 Å². The first-order valence-corrected chi connectivity index (χ1v) is 7.61. The van der Waals surface area contributed by atoms with E-state index in [1.807, 2.05) is 30.5 Å². The molecule has 7 heteroatoms. The van der Waals surface area contributed by atoms with Gasteiger partial charge in [-0.1, -0.05) is 0 Å². The van der Waals surface area contributed by atoms with E-state index in [4.69, 9.17) is 5.73 Å². The number of nitrogens with two attached hydrogens (primary N) is 1. The quantitative estimate of drug-likeness (QED) is 0.461.